The van der Waals surface area contributed by atoms with Crippen LogP contribution in [0.15, 0.2) is 53.7 Å². The van der Waals surface area contributed by atoms with Crippen molar-refractivity contribution in [2.24, 2.45) is 4.99 Å². The summed E-state index contributed by atoms with van der Waals surface area (Å²) in [6.07, 6.45) is -3.27. The number of halogens is 4. The molecule has 30 heavy (non-hydrogen) atoms. The average molecular weight is 538 g/mol. The van der Waals surface area contributed by atoms with Gasteiger partial charge >= 0.3 is 6.18 Å². The first kappa shape index (κ1) is 26.0. The lowest BCUT2D eigenvalue weighted by Gasteiger charge is -2.16. The molecule has 1 atom stereocenters. The minimum atomic E-state index is -4.52. The molecule has 0 aliphatic rings. The lowest BCUT2D eigenvalue weighted by molar-refractivity contribution is -0.139. The molecule has 10 heteroatoms. The molecule has 0 saturated heterocycles. The quantitative estimate of drug-likeness (QED) is 0.198. The summed E-state index contributed by atoms with van der Waals surface area (Å²) in [6, 6.07) is 11.7. The van der Waals surface area contributed by atoms with Gasteiger partial charge in [0.1, 0.15) is 12.2 Å². The minimum Gasteiger partial charge on any atom is -0.475 e. The summed E-state index contributed by atoms with van der Waals surface area (Å²) in [7, 11) is 0. The van der Waals surface area contributed by atoms with Crippen LogP contribution in [0.25, 0.3) is 0 Å². The van der Waals surface area contributed by atoms with Crippen molar-refractivity contribution >= 4 is 29.9 Å². The van der Waals surface area contributed by atoms with E-state index in [9.17, 15) is 18.3 Å². The Labute approximate surface area is 191 Å². The number of guanidine groups is 1. The van der Waals surface area contributed by atoms with Crippen LogP contribution in [0.1, 0.15) is 24.0 Å². The van der Waals surface area contributed by atoms with E-state index in [2.05, 4.69) is 20.6 Å². The van der Waals surface area contributed by atoms with E-state index in [1.807, 2.05) is 37.3 Å². The zero-order valence-corrected chi connectivity index (χ0v) is 18.9. The maximum absolute atomic E-state index is 13.0. The Morgan fingerprint density at radius 2 is 1.90 bits per heavy atom. The third-order valence-electron chi connectivity index (χ3n) is 4.02. The standard InChI is InChI=1S/C20H25F3N4O2.HI/c1-2-24-19(27-13-16(14-28)15-7-4-3-5-8-15)26-11-12-29-18-17(20(21,22)23)9-6-10-25-18;/h3-10,16,28H,2,11-14H2,1H3,(H2,24,26,27);1H. The van der Waals surface area contributed by atoms with Crippen LogP contribution in [0.2, 0.25) is 0 Å². The first-order chi connectivity index (χ1) is 14.0. The van der Waals surface area contributed by atoms with Gasteiger partial charge in [0.25, 0.3) is 0 Å². The van der Waals surface area contributed by atoms with Gasteiger partial charge < -0.3 is 20.5 Å². The molecule has 0 aliphatic heterocycles. The molecule has 1 unspecified atom stereocenters. The highest BCUT2D eigenvalue weighted by atomic mass is 127. The molecule has 3 N–H and O–H groups in total. The van der Waals surface area contributed by atoms with Crippen molar-refractivity contribution in [3.05, 3.63) is 59.8 Å². The summed E-state index contributed by atoms with van der Waals surface area (Å²) in [5, 5.41) is 15.7. The topological polar surface area (TPSA) is 78.8 Å². The van der Waals surface area contributed by atoms with Crippen LogP contribution in [-0.2, 0) is 6.18 Å². The molecule has 1 aromatic heterocycles. The zero-order valence-electron chi connectivity index (χ0n) is 16.5. The van der Waals surface area contributed by atoms with Crippen molar-refractivity contribution in [3.8, 4) is 5.88 Å². The van der Waals surface area contributed by atoms with Gasteiger partial charge in [0, 0.05) is 18.7 Å². The Bertz CT molecular complexity index is 776. The van der Waals surface area contributed by atoms with E-state index < -0.39 is 17.6 Å². The van der Waals surface area contributed by atoms with Gasteiger partial charge in [-0.15, -0.1) is 24.0 Å². The van der Waals surface area contributed by atoms with Gasteiger partial charge in [0.2, 0.25) is 5.88 Å². The molecule has 0 radical (unpaired) electrons. The number of benzene rings is 1. The average Bonchev–Trinajstić information content (AvgIpc) is 2.72. The number of aliphatic imine (C=N–C) groups is 1. The number of hydrogen-bond donors (Lipinski definition) is 3. The lowest BCUT2D eigenvalue weighted by Crippen LogP contribution is -2.39. The first-order valence-electron chi connectivity index (χ1n) is 9.28. The van der Waals surface area contributed by atoms with Gasteiger partial charge in [-0.2, -0.15) is 13.2 Å². The predicted molar refractivity (Wildman–Crippen MR) is 120 cm³/mol. The number of aliphatic hydroxyl groups is 1. The molecule has 0 aliphatic carbocycles. The van der Waals surface area contributed by atoms with Gasteiger partial charge in [-0.25, -0.2) is 4.98 Å². The monoisotopic (exact) mass is 538 g/mol. The second-order valence-corrected chi connectivity index (χ2v) is 6.14. The second-order valence-electron chi connectivity index (χ2n) is 6.14. The molecule has 166 valence electrons. The maximum atomic E-state index is 13.0. The van der Waals surface area contributed by atoms with Crippen molar-refractivity contribution in [1.29, 1.82) is 0 Å². The van der Waals surface area contributed by atoms with E-state index >= 15 is 0 Å². The van der Waals surface area contributed by atoms with Crippen molar-refractivity contribution in [1.82, 2.24) is 15.6 Å². The van der Waals surface area contributed by atoms with Gasteiger partial charge in [0.05, 0.1) is 19.7 Å². The Morgan fingerprint density at radius 1 is 1.17 bits per heavy atom. The molecule has 0 saturated carbocycles. The number of nitrogens with zero attached hydrogens (tertiary/aromatic N) is 2. The number of ether oxygens (including phenoxy) is 1. The van der Waals surface area contributed by atoms with Crippen molar-refractivity contribution in [2.45, 2.75) is 19.0 Å². The van der Waals surface area contributed by atoms with Crippen molar-refractivity contribution in [2.75, 3.05) is 32.8 Å². The maximum Gasteiger partial charge on any atom is 0.421 e. The van der Waals surface area contributed by atoms with Crippen LogP contribution in [0.3, 0.4) is 0 Å². The molecule has 0 amide bonds. The molecule has 1 heterocycles. The lowest BCUT2D eigenvalue weighted by atomic mass is 10.0. The second kappa shape index (κ2) is 13.3. The highest BCUT2D eigenvalue weighted by Gasteiger charge is 2.34. The molecular formula is C20H26F3IN4O2. The number of alkyl halides is 3. The normalized spacial score (nSPS) is 12.6. The Kier molecular flexibility index (Phi) is 11.5. The molecule has 0 fully saturated rings. The van der Waals surface area contributed by atoms with Crippen LogP contribution >= 0.6 is 24.0 Å². The van der Waals surface area contributed by atoms with E-state index in [1.165, 1.54) is 12.3 Å². The summed E-state index contributed by atoms with van der Waals surface area (Å²) >= 11 is 0. The molecule has 2 aromatic rings. The van der Waals surface area contributed by atoms with Gasteiger partial charge in [-0.1, -0.05) is 30.3 Å². The minimum absolute atomic E-state index is 0. The largest absolute Gasteiger partial charge is 0.475 e. The first-order valence-corrected chi connectivity index (χ1v) is 9.28. The van der Waals surface area contributed by atoms with Crippen molar-refractivity contribution in [3.63, 3.8) is 0 Å². The summed E-state index contributed by atoms with van der Waals surface area (Å²) < 4.78 is 44.0. The number of aromatic nitrogens is 1. The predicted octanol–water partition coefficient (Wildman–Crippen LogP) is 3.43. The van der Waals surface area contributed by atoms with Gasteiger partial charge in [-0.3, -0.25) is 4.99 Å². The fourth-order valence-electron chi connectivity index (χ4n) is 2.58. The Balaban J connectivity index is 0.00000450. The third-order valence-corrected chi connectivity index (χ3v) is 4.02. The Morgan fingerprint density at radius 3 is 2.53 bits per heavy atom. The fourth-order valence-corrected chi connectivity index (χ4v) is 2.58. The Hall–Kier alpha value is -2.08. The van der Waals surface area contributed by atoms with E-state index in [-0.39, 0.29) is 49.7 Å². The molecular weight excluding hydrogens is 512 g/mol. The number of aliphatic hydroxyl groups excluding tert-OH is 1. The van der Waals surface area contributed by atoms with Crippen LogP contribution in [0.5, 0.6) is 5.88 Å². The van der Waals surface area contributed by atoms with E-state index in [1.54, 1.807) is 0 Å². The van der Waals surface area contributed by atoms with Gasteiger partial charge in [-0.05, 0) is 24.6 Å². The zero-order chi connectivity index (χ0) is 21.1. The SMILES string of the molecule is CCNC(=NCC(CO)c1ccccc1)NCCOc1ncccc1C(F)(F)F.I. The summed E-state index contributed by atoms with van der Waals surface area (Å²) in [5.41, 5.74) is 0.0713. The van der Waals surface area contributed by atoms with Crippen LogP contribution < -0.4 is 15.4 Å². The van der Waals surface area contributed by atoms with Crippen LogP contribution in [0, 0.1) is 0 Å². The smallest absolute Gasteiger partial charge is 0.421 e. The van der Waals surface area contributed by atoms with Gasteiger partial charge in [0.15, 0.2) is 5.96 Å². The molecule has 1 aromatic carbocycles. The highest BCUT2D eigenvalue weighted by molar-refractivity contribution is 14.0. The summed E-state index contributed by atoms with van der Waals surface area (Å²) in [5.74, 6) is -0.110. The van der Waals surface area contributed by atoms with Crippen molar-refractivity contribution < 1.29 is 23.0 Å². The molecule has 6 nitrogen and oxygen atoms in total. The number of rotatable bonds is 9. The number of nitrogens with one attached hydrogen (secondary N) is 2. The molecule has 0 bridgehead atoms. The number of hydrogen-bond acceptors (Lipinski definition) is 4. The number of pyridine rings is 1. The highest BCUT2D eigenvalue weighted by Crippen LogP contribution is 2.34. The molecule has 2 rings (SSSR count). The molecule has 0 spiro atoms. The summed E-state index contributed by atoms with van der Waals surface area (Å²) in [6.45, 7) is 3.03. The van der Waals surface area contributed by atoms with E-state index in [4.69, 9.17) is 4.74 Å². The fraction of sp³-hybridized carbons (Fsp3) is 0.400. The van der Waals surface area contributed by atoms with Crippen LogP contribution in [0.4, 0.5) is 13.2 Å². The summed E-state index contributed by atoms with van der Waals surface area (Å²) in [4.78, 5) is 8.10. The van der Waals surface area contributed by atoms with E-state index in [0.717, 1.165) is 11.6 Å². The van der Waals surface area contributed by atoms with Crippen LogP contribution in [-0.4, -0.2) is 48.9 Å². The third kappa shape index (κ3) is 8.34. The van der Waals surface area contributed by atoms with E-state index in [0.29, 0.717) is 19.0 Å².